The fourth-order valence-electron chi connectivity index (χ4n) is 12.4. The van der Waals surface area contributed by atoms with E-state index in [1.807, 2.05) is 0 Å². The van der Waals surface area contributed by atoms with Gasteiger partial charge >= 0.3 is 0 Å². The molecule has 66 heavy (non-hydrogen) atoms. The molecular formula is C62H50BN3. The number of nitrogens with zero attached hydrogens (tertiary/aromatic N) is 3. The van der Waals surface area contributed by atoms with E-state index in [0.717, 1.165) is 35.6 Å². The highest BCUT2D eigenvalue weighted by molar-refractivity contribution is 7.00. The Balaban J connectivity index is 1.15. The van der Waals surface area contributed by atoms with Gasteiger partial charge in [-0.05, 0) is 136 Å². The quantitative estimate of drug-likeness (QED) is 0.148. The van der Waals surface area contributed by atoms with Crippen LogP contribution in [0.5, 0.6) is 0 Å². The molecule has 0 spiro atoms. The number of benzene rings is 9. The molecule has 2 unspecified atom stereocenters. The van der Waals surface area contributed by atoms with Crippen molar-refractivity contribution in [3.63, 3.8) is 0 Å². The molecular weight excluding hydrogens is 798 g/mol. The minimum absolute atomic E-state index is 0.00882. The maximum absolute atomic E-state index is 2.86. The molecule has 316 valence electrons. The zero-order valence-corrected chi connectivity index (χ0v) is 37.5. The number of para-hydroxylation sites is 2. The summed E-state index contributed by atoms with van der Waals surface area (Å²) < 4.78 is 0. The average molecular weight is 848 g/mol. The zero-order chi connectivity index (χ0) is 44.0. The molecule has 1 aliphatic carbocycles. The van der Waals surface area contributed by atoms with E-state index in [2.05, 4.69) is 247 Å². The Labute approximate surface area is 389 Å². The van der Waals surface area contributed by atoms with Crippen LogP contribution in [0.4, 0.5) is 45.5 Å². The maximum Gasteiger partial charge on any atom is 0.252 e. The van der Waals surface area contributed by atoms with Gasteiger partial charge in [0.2, 0.25) is 0 Å². The lowest BCUT2D eigenvalue weighted by Gasteiger charge is -2.53. The van der Waals surface area contributed by atoms with Crippen molar-refractivity contribution in [3.05, 3.63) is 224 Å². The molecule has 1 fully saturated rings. The topological polar surface area (TPSA) is 9.72 Å². The average Bonchev–Trinajstić information content (AvgIpc) is 3.59. The Kier molecular flexibility index (Phi) is 8.84. The van der Waals surface area contributed by atoms with Gasteiger partial charge in [-0.1, -0.05) is 177 Å². The van der Waals surface area contributed by atoms with Gasteiger partial charge in [0.25, 0.3) is 6.71 Å². The summed E-state index contributed by atoms with van der Waals surface area (Å²) in [5, 5.41) is 0. The standard InChI is InChI=1S/C62H50BN3/c1-61-36-18-19-37-62(61,2)66-58-42-52(64(49-26-14-6-15-27-49)50-28-16-7-17-29-50)41-57-59(58)63(55-40-48(38-53(61)60(55)66)45-24-12-5-13-25-45)54-39-47(44-22-10-4-11-23-44)32-35-56(54)65(57)51-33-30-46(31-34-51)43-20-8-3-9-21-43/h3-17,20-35,38-42H,18-19,36-37H2,1-2H3. The molecule has 3 heterocycles. The van der Waals surface area contributed by atoms with Crippen LogP contribution in [0.1, 0.15) is 45.1 Å². The Hall–Kier alpha value is -7.56. The second-order valence-corrected chi connectivity index (χ2v) is 19.2. The first-order valence-electron chi connectivity index (χ1n) is 23.8. The van der Waals surface area contributed by atoms with Gasteiger partial charge < -0.3 is 14.7 Å². The summed E-state index contributed by atoms with van der Waals surface area (Å²) in [6.07, 6.45) is 4.73. The third-order valence-corrected chi connectivity index (χ3v) is 15.7. The minimum atomic E-state index is -0.145. The lowest BCUT2D eigenvalue weighted by Crippen LogP contribution is -2.64. The van der Waals surface area contributed by atoms with Crippen molar-refractivity contribution < 1.29 is 0 Å². The monoisotopic (exact) mass is 847 g/mol. The van der Waals surface area contributed by atoms with E-state index in [1.54, 1.807) is 0 Å². The zero-order valence-electron chi connectivity index (χ0n) is 37.5. The fourth-order valence-corrected chi connectivity index (χ4v) is 12.4. The van der Waals surface area contributed by atoms with Gasteiger partial charge in [-0.15, -0.1) is 0 Å². The van der Waals surface area contributed by atoms with Crippen LogP contribution in [0.2, 0.25) is 0 Å². The molecule has 3 aliphatic heterocycles. The van der Waals surface area contributed by atoms with E-state index < -0.39 is 0 Å². The first-order valence-corrected chi connectivity index (χ1v) is 23.8. The van der Waals surface area contributed by atoms with Crippen LogP contribution in [0, 0.1) is 0 Å². The SMILES string of the molecule is CC12CCCCC1(C)N1c3cc(N(c4ccccc4)c4ccccc4)cc4c3B(c3cc(-c5ccccc5)ccc3N4c3ccc(-c4ccccc4)cc3)c3cc(-c4ccccc4)cc2c31. The first kappa shape index (κ1) is 38.9. The predicted octanol–water partition coefficient (Wildman–Crippen LogP) is 14.5. The van der Waals surface area contributed by atoms with Crippen LogP contribution in [0.15, 0.2) is 218 Å². The Morgan fingerprint density at radius 3 is 1.55 bits per heavy atom. The van der Waals surface area contributed by atoms with Crippen molar-refractivity contribution in [2.75, 3.05) is 14.7 Å². The highest BCUT2D eigenvalue weighted by atomic mass is 15.3. The Morgan fingerprint density at radius 1 is 0.424 bits per heavy atom. The summed E-state index contributed by atoms with van der Waals surface area (Å²) in [5.74, 6) is 0. The van der Waals surface area contributed by atoms with Crippen LogP contribution < -0.4 is 31.1 Å². The van der Waals surface area contributed by atoms with E-state index in [-0.39, 0.29) is 17.7 Å². The molecule has 4 aliphatic rings. The molecule has 9 aromatic rings. The molecule has 0 radical (unpaired) electrons. The Bertz CT molecular complexity index is 3250. The van der Waals surface area contributed by atoms with Crippen LogP contribution in [0.3, 0.4) is 0 Å². The van der Waals surface area contributed by atoms with Gasteiger partial charge in [-0.2, -0.15) is 0 Å². The molecule has 2 atom stereocenters. The molecule has 0 saturated heterocycles. The van der Waals surface area contributed by atoms with Crippen molar-refractivity contribution in [1.82, 2.24) is 0 Å². The summed E-state index contributed by atoms with van der Waals surface area (Å²) in [6.45, 7) is 5.18. The number of anilines is 8. The highest BCUT2D eigenvalue weighted by Crippen LogP contribution is 2.62. The Morgan fingerprint density at radius 2 is 0.924 bits per heavy atom. The van der Waals surface area contributed by atoms with E-state index >= 15 is 0 Å². The largest absolute Gasteiger partial charge is 0.335 e. The number of hydrogen-bond donors (Lipinski definition) is 0. The van der Waals surface area contributed by atoms with Crippen molar-refractivity contribution >= 4 is 68.6 Å². The number of rotatable bonds is 7. The van der Waals surface area contributed by atoms with Crippen molar-refractivity contribution in [2.45, 2.75) is 50.5 Å². The van der Waals surface area contributed by atoms with E-state index in [9.17, 15) is 0 Å². The van der Waals surface area contributed by atoms with Crippen LogP contribution in [-0.2, 0) is 5.41 Å². The fraction of sp³-hybridized carbons (Fsp3) is 0.129. The normalized spacial score (nSPS) is 18.5. The summed E-state index contributed by atoms with van der Waals surface area (Å²) in [5.41, 5.74) is 22.6. The van der Waals surface area contributed by atoms with Crippen molar-refractivity contribution in [3.8, 4) is 33.4 Å². The van der Waals surface area contributed by atoms with Crippen LogP contribution >= 0.6 is 0 Å². The number of fused-ring (bicyclic) bond motifs is 7. The molecule has 13 rings (SSSR count). The van der Waals surface area contributed by atoms with Crippen LogP contribution in [0.25, 0.3) is 33.4 Å². The first-order chi connectivity index (χ1) is 32.5. The lowest BCUT2D eigenvalue weighted by molar-refractivity contribution is 0.195. The van der Waals surface area contributed by atoms with E-state index in [4.69, 9.17) is 0 Å². The third-order valence-electron chi connectivity index (χ3n) is 15.7. The van der Waals surface area contributed by atoms with E-state index in [1.165, 1.54) is 90.9 Å². The maximum atomic E-state index is 2.86. The summed E-state index contributed by atoms with van der Waals surface area (Å²) in [6, 6.07) is 81.4. The second kappa shape index (κ2) is 15.0. The van der Waals surface area contributed by atoms with Crippen molar-refractivity contribution in [1.29, 1.82) is 0 Å². The predicted molar refractivity (Wildman–Crippen MR) is 280 cm³/mol. The molecule has 0 aromatic heterocycles. The van der Waals surface area contributed by atoms with Gasteiger partial charge in [0, 0.05) is 45.2 Å². The lowest BCUT2D eigenvalue weighted by atomic mass is 9.33. The summed E-state index contributed by atoms with van der Waals surface area (Å²) in [7, 11) is 0. The van der Waals surface area contributed by atoms with Gasteiger partial charge in [-0.25, -0.2) is 0 Å². The van der Waals surface area contributed by atoms with Gasteiger partial charge in [-0.3, -0.25) is 0 Å². The van der Waals surface area contributed by atoms with Crippen molar-refractivity contribution in [2.24, 2.45) is 0 Å². The molecule has 0 N–H and O–H groups in total. The minimum Gasteiger partial charge on any atom is -0.335 e. The smallest absolute Gasteiger partial charge is 0.252 e. The molecule has 9 aromatic carbocycles. The third kappa shape index (κ3) is 5.77. The van der Waals surface area contributed by atoms with Gasteiger partial charge in [0.15, 0.2) is 0 Å². The number of hydrogen-bond acceptors (Lipinski definition) is 3. The molecule has 3 nitrogen and oxygen atoms in total. The van der Waals surface area contributed by atoms with Gasteiger partial charge in [0.05, 0.1) is 11.2 Å². The highest BCUT2D eigenvalue weighted by Gasteiger charge is 2.61. The van der Waals surface area contributed by atoms with E-state index in [0.29, 0.717) is 0 Å². The van der Waals surface area contributed by atoms with Crippen LogP contribution in [-0.4, -0.2) is 12.3 Å². The molecule has 1 saturated carbocycles. The molecule has 0 amide bonds. The molecule has 4 heteroatoms. The summed E-state index contributed by atoms with van der Waals surface area (Å²) in [4.78, 5) is 7.91. The molecule has 0 bridgehead atoms. The van der Waals surface area contributed by atoms with Gasteiger partial charge in [0.1, 0.15) is 0 Å². The second-order valence-electron chi connectivity index (χ2n) is 19.2. The summed E-state index contributed by atoms with van der Waals surface area (Å²) >= 11 is 0.